The van der Waals surface area contributed by atoms with Crippen LogP contribution in [0, 0.1) is 26.0 Å². The van der Waals surface area contributed by atoms with Crippen molar-refractivity contribution in [2.75, 3.05) is 5.32 Å². The Labute approximate surface area is 116 Å². The third-order valence-electron chi connectivity index (χ3n) is 2.47. The lowest BCUT2D eigenvalue weighted by atomic mass is 10.2. The summed E-state index contributed by atoms with van der Waals surface area (Å²) in [6.45, 7) is 0.194. The average molecular weight is 297 g/mol. The number of hydrogen-bond acceptors (Lipinski definition) is 6. The summed E-state index contributed by atoms with van der Waals surface area (Å²) in [7, 11) is 0. The van der Waals surface area contributed by atoms with Crippen molar-refractivity contribution in [1.29, 1.82) is 0 Å². The summed E-state index contributed by atoms with van der Waals surface area (Å²) in [4.78, 5) is 19.8. The third-order valence-corrected chi connectivity index (χ3v) is 3.40. The maximum absolute atomic E-state index is 13.6. The molecule has 0 saturated heterocycles. The normalized spacial score (nSPS) is 10.2. The van der Waals surface area contributed by atoms with E-state index in [0.717, 1.165) is 17.4 Å². The Morgan fingerprint density at radius 1 is 1.20 bits per heavy atom. The molecule has 0 fully saturated rings. The summed E-state index contributed by atoms with van der Waals surface area (Å²) in [5, 5.41) is 25.3. The molecule has 0 aliphatic rings. The van der Waals surface area contributed by atoms with E-state index in [4.69, 9.17) is 0 Å². The molecule has 104 valence electrons. The number of thiophene rings is 1. The Bertz CT molecular complexity index is 673. The molecular weight excluding hydrogens is 289 g/mol. The smallest absolute Gasteiger partial charge is 0.324 e. The Kier molecular flexibility index (Phi) is 3.89. The van der Waals surface area contributed by atoms with Crippen molar-refractivity contribution in [2.24, 2.45) is 0 Å². The van der Waals surface area contributed by atoms with Gasteiger partial charge in [0, 0.05) is 24.1 Å². The van der Waals surface area contributed by atoms with Gasteiger partial charge in [-0.25, -0.2) is 4.39 Å². The van der Waals surface area contributed by atoms with Crippen LogP contribution in [-0.2, 0) is 6.54 Å². The van der Waals surface area contributed by atoms with E-state index in [2.05, 4.69) is 5.32 Å². The van der Waals surface area contributed by atoms with E-state index in [-0.39, 0.29) is 22.9 Å². The van der Waals surface area contributed by atoms with Crippen LogP contribution < -0.4 is 5.32 Å². The van der Waals surface area contributed by atoms with Gasteiger partial charge in [0.1, 0.15) is 0 Å². The summed E-state index contributed by atoms with van der Waals surface area (Å²) in [5.74, 6) is -0.746. The second-order valence-electron chi connectivity index (χ2n) is 3.83. The summed E-state index contributed by atoms with van der Waals surface area (Å²) in [6.07, 6.45) is 0. The van der Waals surface area contributed by atoms with E-state index in [9.17, 15) is 24.6 Å². The minimum absolute atomic E-state index is 0.00553. The van der Waals surface area contributed by atoms with Crippen LogP contribution in [0.15, 0.2) is 29.6 Å². The summed E-state index contributed by atoms with van der Waals surface area (Å²) in [6, 6.07) is 4.65. The molecule has 0 radical (unpaired) electrons. The molecule has 2 aromatic rings. The quantitative estimate of drug-likeness (QED) is 0.674. The standard InChI is InChI=1S/C11H8FN3O4S/c12-9-4-8(14(16)17)1-2-10(9)13-5-7-3-11(15(18)19)20-6-7/h1-4,6,13H,5H2. The minimum Gasteiger partial charge on any atom is -0.379 e. The fourth-order valence-electron chi connectivity index (χ4n) is 1.51. The highest BCUT2D eigenvalue weighted by Crippen LogP contribution is 2.25. The lowest BCUT2D eigenvalue weighted by Crippen LogP contribution is -2.01. The molecule has 20 heavy (non-hydrogen) atoms. The van der Waals surface area contributed by atoms with Crippen LogP contribution in [0.25, 0.3) is 0 Å². The number of anilines is 1. The highest BCUT2D eigenvalue weighted by molar-refractivity contribution is 7.13. The molecule has 1 heterocycles. The van der Waals surface area contributed by atoms with E-state index in [1.807, 2.05) is 0 Å². The van der Waals surface area contributed by atoms with Gasteiger partial charge in [-0.2, -0.15) is 0 Å². The molecule has 0 saturated carbocycles. The Hall–Kier alpha value is -2.55. The van der Waals surface area contributed by atoms with Gasteiger partial charge in [0.05, 0.1) is 21.6 Å². The first-order chi connectivity index (χ1) is 9.47. The average Bonchev–Trinajstić information content (AvgIpc) is 2.86. The molecule has 1 N–H and O–H groups in total. The van der Waals surface area contributed by atoms with Gasteiger partial charge in [-0.15, -0.1) is 0 Å². The summed E-state index contributed by atoms with van der Waals surface area (Å²) >= 11 is 0.981. The fourth-order valence-corrected chi connectivity index (χ4v) is 2.24. The number of nitro groups is 2. The van der Waals surface area contributed by atoms with Crippen molar-refractivity contribution >= 4 is 27.7 Å². The predicted molar refractivity (Wildman–Crippen MR) is 71.4 cm³/mol. The molecule has 0 aliphatic heterocycles. The molecule has 1 aromatic heterocycles. The first kappa shape index (κ1) is 13.9. The molecule has 0 atom stereocenters. The van der Waals surface area contributed by atoms with Gasteiger partial charge in [-0.3, -0.25) is 20.2 Å². The zero-order chi connectivity index (χ0) is 14.7. The monoisotopic (exact) mass is 297 g/mol. The number of non-ortho nitro benzene ring substituents is 1. The summed E-state index contributed by atoms with van der Waals surface area (Å²) in [5.41, 5.74) is 0.406. The second kappa shape index (κ2) is 5.61. The SMILES string of the molecule is O=[N+]([O-])c1ccc(NCc2csc([N+](=O)[O-])c2)c(F)c1. The Morgan fingerprint density at radius 3 is 2.50 bits per heavy atom. The maximum atomic E-state index is 13.6. The van der Waals surface area contributed by atoms with Crippen LogP contribution in [0.4, 0.5) is 20.8 Å². The second-order valence-corrected chi connectivity index (χ2v) is 4.71. The molecule has 0 amide bonds. The molecule has 0 bridgehead atoms. The topological polar surface area (TPSA) is 98.3 Å². The molecule has 7 nitrogen and oxygen atoms in total. The molecule has 9 heteroatoms. The van der Waals surface area contributed by atoms with Crippen molar-refractivity contribution in [3.05, 3.63) is 61.3 Å². The third kappa shape index (κ3) is 3.06. The van der Waals surface area contributed by atoms with Crippen molar-refractivity contribution in [3.63, 3.8) is 0 Å². The lowest BCUT2D eigenvalue weighted by Gasteiger charge is -2.05. The first-order valence-electron chi connectivity index (χ1n) is 5.37. The maximum Gasteiger partial charge on any atom is 0.324 e. The van der Waals surface area contributed by atoms with Crippen LogP contribution >= 0.6 is 11.3 Å². The molecule has 2 rings (SSSR count). The van der Waals surface area contributed by atoms with Crippen molar-refractivity contribution in [3.8, 4) is 0 Å². The van der Waals surface area contributed by atoms with Gasteiger partial charge >= 0.3 is 5.00 Å². The van der Waals surface area contributed by atoms with Crippen LogP contribution in [0.1, 0.15) is 5.56 Å². The van der Waals surface area contributed by atoms with Gasteiger partial charge in [0.15, 0.2) is 5.82 Å². The predicted octanol–water partition coefficient (Wildman–Crippen LogP) is 3.32. The van der Waals surface area contributed by atoms with Gasteiger partial charge in [-0.1, -0.05) is 11.3 Å². The van der Waals surface area contributed by atoms with E-state index >= 15 is 0 Å². The number of hydrogen-bond donors (Lipinski definition) is 1. The fraction of sp³-hybridized carbons (Fsp3) is 0.0909. The number of halogens is 1. The zero-order valence-corrected chi connectivity index (χ0v) is 10.7. The van der Waals surface area contributed by atoms with E-state index in [0.29, 0.717) is 5.56 Å². The Morgan fingerprint density at radius 2 is 1.95 bits per heavy atom. The molecule has 0 unspecified atom stereocenters. The molecule has 0 aliphatic carbocycles. The van der Waals surface area contributed by atoms with Gasteiger partial charge < -0.3 is 5.32 Å². The number of nitrogens with one attached hydrogen (secondary N) is 1. The minimum atomic E-state index is -0.746. The van der Waals surface area contributed by atoms with Crippen LogP contribution in [0.5, 0.6) is 0 Å². The molecule has 1 aromatic carbocycles. The zero-order valence-electron chi connectivity index (χ0n) is 9.91. The van der Waals surface area contributed by atoms with Crippen molar-refractivity contribution in [1.82, 2.24) is 0 Å². The Balaban J connectivity index is 2.06. The molecule has 0 spiro atoms. The van der Waals surface area contributed by atoms with E-state index in [1.54, 1.807) is 5.38 Å². The number of nitro benzene ring substituents is 1. The highest BCUT2D eigenvalue weighted by Gasteiger charge is 2.12. The summed E-state index contributed by atoms with van der Waals surface area (Å²) < 4.78 is 13.6. The van der Waals surface area contributed by atoms with Crippen molar-refractivity contribution in [2.45, 2.75) is 6.54 Å². The van der Waals surface area contributed by atoms with Gasteiger partial charge in [-0.05, 0) is 11.6 Å². The molecular formula is C11H8FN3O4S. The highest BCUT2D eigenvalue weighted by atomic mass is 32.1. The van der Waals surface area contributed by atoms with Crippen LogP contribution in [0.3, 0.4) is 0 Å². The van der Waals surface area contributed by atoms with Crippen molar-refractivity contribution < 1.29 is 14.2 Å². The van der Waals surface area contributed by atoms with Crippen LogP contribution in [-0.4, -0.2) is 9.85 Å². The first-order valence-corrected chi connectivity index (χ1v) is 6.25. The number of nitrogens with zero attached hydrogens (tertiary/aromatic N) is 2. The van der Waals surface area contributed by atoms with Gasteiger partial charge in [0.25, 0.3) is 5.69 Å². The number of benzene rings is 1. The van der Waals surface area contributed by atoms with Crippen LogP contribution in [0.2, 0.25) is 0 Å². The van der Waals surface area contributed by atoms with E-state index < -0.39 is 15.7 Å². The van der Waals surface area contributed by atoms with E-state index in [1.165, 1.54) is 18.2 Å². The lowest BCUT2D eigenvalue weighted by molar-refractivity contribution is -0.385. The largest absolute Gasteiger partial charge is 0.379 e. The number of rotatable bonds is 5. The van der Waals surface area contributed by atoms with Gasteiger partial charge in [0.2, 0.25) is 0 Å².